The zero-order valence-electron chi connectivity index (χ0n) is 12.2. The summed E-state index contributed by atoms with van der Waals surface area (Å²) in [6.45, 7) is 3.74. The van der Waals surface area contributed by atoms with Crippen LogP contribution in [-0.4, -0.2) is 20.4 Å². The number of rotatable bonds is 4. The zero-order chi connectivity index (χ0) is 15.6. The Balaban J connectivity index is 2.17. The molecule has 1 unspecified atom stereocenters. The standard InChI is InChI=1S/C15H20ClNO3S/c1-10-7-13(9-14(8-10)21(16,19)20)15(18)17-11(2)12-5-3-4-6-12/h7-9,11-12H,3-6H2,1-2H3,(H,17,18). The third kappa shape index (κ3) is 4.20. The summed E-state index contributed by atoms with van der Waals surface area (Å²) >= 11 is 0. The SMILES string of the molecule is Cc1cc(C(=O)NC(C)C2CCCC2)cc(S(=O)(=O)Cl)c1. The van der Waals surface area contributed by atoms with Gasteiger partial charge in [-0.2, -0.15) is 0 Å². The lowest BCUT2D eigenvalue weighted by atomic mass is 9.99. The fraction of sp³-hybridized carbons (Fsp3) is 0.533. The van der Waals surface area contributed by atoms with Gasteiger partial charge in [0, 0.05) is 22.3 Å². The number of nitrogens with one attached hydrogen (secondary N) is 1. The highest BCUT2D eigenvalue weighted by Gasteiger charge is 2.23. The van der Waals surface area contributed by atoms with Crippen molar-refractivity contribution >= 4 is 25.6 Å². The fourth-order valence-electron chi connectivity index (χ4n) is 2.89. The molecule has 21 heavy (non-hydrogen) atoms. The molecule has 2 rings (SSSR count). The van der Waals surface area contributed by atoms with Crippen molar-refractivity contribution in [3.8, 4) is 0 Å². The first kappa shape index (κ1) is 16.3. The highest BCUT2D eigenvalue weighted by Crippen LogP contribution is 2.27. The molecular formula is C15H20ClNO3S. The predicted octanol–water partition coefficient (Wildman–Crippen LogP) is 3.23. The Labute approximate surface area is 130 Å². The molecule has 1 atom stereocenters. The molecule has 0 bridgehead atoms. The number of carbonyl (C=O) groups is 1. The molecule has 0 saturated heterocycles. The lowest BCUT2D eigenvalue weighted by molar-refractivity contribution is 0.0927. The average Bonchev–Trinajstić information content (AvgIpc) is 2.90. The van der Waals surface area contributed by atoms with Crippen LogP contribution in [0.25, 0.3) is 0 Å². The Morgan fingerprint density at radius 3 is 2.48 bits per heavy atom. The van der Waals surface area contributed by atoms with Crippen molar-refractivity contribution in [3.05, 3.63) is 29.3 Å². The lowest BCUT2D eigenvalue weighted by Crippen LogP contribution is -2.37. The van der Waals surface area contributed by atoms with Crippen molar-refractivity contribution < 1.29 is 13.2 Å². The number of benzene rings is 1. The summed E-state index contributed by atoms with van der Waals surface area (Å²) in [4.78, 5) is 12.3. The summed E-state index contributed by atoms with van der Waals surface area (Å²) in [7, 11) is 1.52. The largest absolute Gasteiger partial charge is 0.349 e. The highest BCUT2D eigenvalue weighted by molar-refractivity contribution is 8.13. The molecule has 1 amide bonds. The van der Waals surface area contributed by atoms with Crippen LogP contribution in [-0.2, 0) is 9.05 Å². The van der Waals surface area contributed by atoms with E-state index >= 15 is 0 Å². The van der Waals surface area contributed by atoms with Gasteiger partial charge < -0.3 is 5.32 Å². The van der Waals surface area contributed by atoms with Gasteiger partial charge >= 0.3 is 0 Å². The molecule has 1 aromatic carbocycles. The van der Waals surface area contributed by atoms with E-state index in [4.69, 9.17) is 10.7 Å². The third-order valence-corrected chi connectivity index (χ3v) is 5.39. The van der Waals surface area contributed by atoms with Crippen molar-refractivity contribution in [2.45, 2.75) is 50.5 Å². The van der Waals surface area contributed by atoms with Crippen LogP contribution in [0.1, 0.15) is 48.5 Å². The summed E-state index contributed by atoms with van der Waals surface area (Å²) in [6.07, 6.45) is 4.70. The third-order valence-electron chi connectivity index (χ3n) is 4.06. The zero-order valence-corrected chi connectivity index (χ0v) is 13.8. The summed E-state index contributed by atoms with van der Waals surface area (Å²) in [5, 5.41) is 2.97. The molecule has 1 saturated carbocycles. The Bertz CT molecular complexity index is 636. The van der Waals surface area contributed by atoms with Gasteiger partial charge in [-0.25, -0.2) is 8.42 Å². The van der Waals surface area contributed by atoms with Gasteiger partial charge in [-0.05, 0) is 56.4 Å². The number of carbonyl (C=O) groups excluding carboxylic acids is 1. The molecule has 1 aliphatic carbocycles. The van der Waals surface area contributed by atoms with Crippen molar-refractivity contribution in [2.24, 2.45) is 5.92 Å². The molecule has 4 nitrogen and oxygen atoms in total. The first-order chi connectivity index (χ1) is 9.77. The second kappa shape index (κ2) is 6.36. The van der Waals surface area contributed by atoms with E-state index in [-0.39, 0.29) is 16.8 Å². The maximum Gasteiger partial charge on any atom is 0.261 e. The van der Waals surface area contributed by atoms with Crippen LogP contribution in [0, 0.1) is 12.8 Å². The predicted molar refractivity (Wildman–Crippen MR) is 83.1 cm³/mol. The monoisotopic (exact) mass is 329 g/mol. The van der Waals surface area contributed by atoms with Crippen LogP contribution in [0.4, 0.5) is 0 Å². The molecule has 1 aliphatic rings. The molecule has 0 aliphatic heterocycles. The second-order valence-corrected chi connectivity index (χ2v) is 8.35. The molecular weight excluding hydrogens is 310 g/mol. The van der Waals surface area contributed by atoms with Crippen LogP contribution in [0.15, 0.2) is 23.1 Å². The van der Waals surface area contributed by atoms with E-state index in [1.165, 1.54) is 25.0 Å². The van der Waals surface area contributed by atoms with E-state index in [0.717, 1.165) is 12.8 Å². The fourth-order valence-corrected chi connectivity index (χ4v) is 3.75. The summed E-state index contributed by atoms with van der Waals surface area (Å²) in [5.74, 6) is 0.259. The number of amides is 1. The van der Waals surface area contributed by atoms with Crippen LogP contribution in [0.3, 0.4) is 0 Å². The summed E-state index contributed by atoms with van der Waals surface area (Å²) in [5.41, 5.74) is 1.02. The maximum atomic E-state index is 12.3. The van der Waals surface area contributed by atoms with Gasteiger partial charge in [0.2, 0.25) is 0 Å². The summed E-state index contributed by atoms with van der Waals surface area (Å²) < 4.78 is 22.8. The van der Waals surface area contributed by atoms with Gasteiger partial charge in [-0.1, -0.05) is 12.8 Å². The number of halogens is 1. The van der Waals surface area contributed by atoms with Gasteiger partial charge in [-0.15, -0.1) is 0 Å². The number of hydrogen-bond donors (Lipinski definition) is 1. The molecule has 0 spiro atoms. The van der Waals surface area contributed by atoms with E-state index in [0.29, 0.717) is 17.0 Å². The van der Waals surface area contributed by atoms with Gasteiger partial charge in [0.1, 0.15) is 0 Å². The Morgan fingerprint density at radius 2 is 1.90 bits per heavy atom. The van der Waals surface area contributed by atoms with Crippen molar-refractivity contribution in [1.82, 2.24) is 5.32 Å². The number of aryl methyl sites for hydroxylation is 1. The van der Waals surface area contributed by atoms with Crippen molar-refractivity contribution in [3.63, 3.8) is 0 Å². The van der Waals surface area contributed by atoms with Gasteiger partial charge in [0.25, 0.3) is 15.0 Å². The molecule has 6 heteroatoms. The summed E-state index contributed by atoms with van der Waals surface area (Å²) in [6, 6.07) is 4.55. The van der Waals surface area contributed by atoms with E-state index in [1.807, 2.05) is 6.92 Å². The van der Waals surface area contributed by atoms with Crippen LogP contribution in [0.5, 0.6) is 0 Å². The normalized spacial score (nSPS) is 17.7. The van der Waals surface area contributed by atoms with Crippen LogP contribution >= 0.6 is 10.7 Å². The minimum atomic E-state index is -3.83. The smallest absolute Gasteiger partial charge is 0.261 e. The molecule has 1 aromatic rings. The molecule has 1 fully saturated rings. The lowest BCUT2D eigenvalue weighted by Gasteiger charge is -2.20. The van der Waals surface area contributed by atoms with Crippen LogP contribution in [0.2, 0.25) is 0 Å². The van der Waals surface area contributed by atoms with E-state index in [1.54, 1.807) is 13.0 Å². The molecule has 0 heterocycles. The van der Waals surface area contributed by atoms with Gasteiger partial charge in [0.05, 0.1) is 4.90 Å². The van der Waals surface area contributed by atoms with E-state index in [2.05, 4.69) is 5.32 Å². The van der Waals surface area contributed by atoms with Gasteiger partial charge in [-0.3, -0.25) is 4.79 Å². The second-order valence-electron chi connectivity index (χ2n) is 5.78. The van der Waals surface area contributed by atoms with E-state index in [9.17, 15) is 13.2 Å². The quantitative estimate of drug-likeness (QED) is 0.862. The topological polar surface area (TPSA) is 63.2 Å². The average molecular weight is 330 g/mol. The minimum absolute atomic E-state index is 0.0390. The van der Waals surface area contributed by atoms with Crippen LogP contribution < -0.4 is 5.32 Å². The molecule has 0 aromatic heterocycles. The van der Waals surface area contributed by atoms with E-state index < -0.39 is 9.05 Å². The first-order valence-corrected chi connectivity index (χ1v) is 9.45. The van der Waals surface area contributed by atoms with Gasteiger partial charge in [0.15, 0.2) is 0 Å². The highest BCUT2D eigenvalue weighted by atomic mass is 35.7. The first-order valence-electron chi connectivity index (χ1n) is 7.14. The molecule has 116 valence electrons. The van der Waals surface area contributed by atoms with Crippen molar-refractivity contribution in [2.75, 3.05) is 0 Å². The Kier molecular flexibility index (Phi) is 4.94. The maximum absolute atomic E-state index is 12.3. The minimum Gasteiger partial charge on any atom is -0.349 e. The van der Waals surface area contributed by atoms with Crippen molar-refractivity contribution in [1.29, 1.82) is 0 Å². The molecule has 0 radical (unpaired) electrons. The Morgan fingerprint density at radius 1 is 1.29 bits per heavy atom. The molecule has 1 N–H and O–H groups in total. The number of hydrogen-bond acceptors (Lipinski definition) is 3. The Hall–Kier alpha value is -1.07.